The highest BCUT2D eigenvalue weighted by molar-refractivity contribution is 5.97. The quantitative estimate of drug-likeness (QED) is 0.781. The SMILES string of the molecule is CC(C)Cn1c(C(=O)NCc2ccco2)cc2occc21. The molecule has 3 aromatic heterocycles. The molecule has 0 saturated carbocycles. The summed E-state index contributed by atoms with van der Waals surface area (Å²) in [4.78, 5) is 12.4. The van der Waals surface area contributed by atoms with E-state index in [1.807, 2.05) is 16.7 Å². The second-order valence-electron chi connectivity index (χ2n) is 5.47. The lowest BCUT2D eigenvalue weighted by Crippen LogP contribution is -2.25. The van der Waals surface area contributed by atoms with E-state index in [9.17, 15) is 4.79 Å². The van der Waals surface area contributed by atoms with Gasteiger partial charge in [0.15, 0.2) is 5.58 Å². The van der Waals surface area contributed by atoms with E-state index < -0.39 is 0 Å². The van der Waals surface area contributed by atoms with Crippen molar-refractivity contribution in [2.24, 2.45) is 5.92 Å². The average Bonchev–Trinajstić information content (AvgIpc) is 3.13. The van der Waals surface area contributed by atoms with E-state index in [0.29, 0.717) is 18.2 Å². The summed E-state index contributed by atoms with van der Waals surface area (Å²) in [6, 6.07) is 7.31. The molecule has 0 saturated heterocycles. The number of hydrogen-bond acceptors (Lipinski definition) is 3. The van der Waals surface area contributed by atoms with Gasteiger partial charge in [-0.2, -0.15) is 0 Å². The van der Waals surface area contributed by atoms with Crippen LogP contribution in [0.25, 0.3) is 11.1 Å². The van der Waals surface area contributed by atoms with E-state index in [2.05, 4.69) is 19.2 Å². The highest BCUT2D eigenvalue weighted by Crippen LogP contribution is 2.22. The summed E-state index contributed by atoms with van der Waals surface area (Å²) in [5, 5.41) is 2.87. The van der Waals surface area contributed by atoms with Gasteiger partial charge in [0.05, 0.1) is 24.6 Å². The Labute approximate surface area is 122 Å². The third-order valence-electron chi connectivity index (χ3n) is 3.31. The first-order valence-corrected chi connectivity index (χ1v) is 7.02. The van der Waals surface area contributed by atoms with Gasteiger partial charge in [0.25, 0.3) is 5.91 Å². The van der Waals surface area contributed by atoms with Gasteiger partial charge in [0, 0.05) is 18.7 Å². The molecule has 0 unspecified atom stereocenters. The Kier molecular flexibility index (Phi) is 3.56. The minimum absolute atomic E-state index is 0.126. The van der Waals surface area contributed by atoms with Gasteiger partial charge in [-0.05, 0) is 18.1 Å². The molecule has 110 valence electrons. The van der Waals surface area contributed by atoms with Crippen LogP contribution in [0, 0.1) is 5.92 Å². The Balaban J connectivity index is 1.84. The van der Waals surface area contributed by atoms with Crippen molar-refractivity contribution < 1.29 is 13.6 Å². The first kappa shape index (κ1) is 13.5. The molecule has 3 aromatic rings. The Morgan fingerprint density at radius 3 is 2.86 bits per heavy atom. The highest BCUT2D eigenvalue weighted by atomic mass is 16.3. The van der Waals surface area contributed by atoms with Crippen molar-refractivity contribution in [1.82, 2.24) is 9.88 Å². The maximum Gasteiger partial charge on any atom is 0.268 e. The van der Waals surface area contributed by atoms with Crippen molar-refractivity contribution in [1.29, 1.82) is 0 Å². The fourth-order valence-corrected chi connectivity index (χ4v) is 2.40. The molecule has 5 heteroatoms. The second kappa shape index (κ2) is 5.52. The van der Waals surface area contributed by atoms with Crippen LogP contribution in [-0.2, 0) is 13.1 Å². The smallest absolute Gasteiger partial charge is 0.268 e. The van der Waals surface area contributed by atoms with E-state index in [1.165, 1.54) is 0 Å². The molecule has 0 bridgehead atoms. The fraction of sp³-hybridized carbons (Fsp3) is 0.312. The Morgan fingerprint density at radius 1 is 1.29 bits per heavy atom. The zero-order chi connectivity index (χ0) is 14.8. The molecule has 0 spiro atoms. The Bertz CT molecular complexity index is 735. The van der Waals surface area contributed by atoms with Crippen LogP contribution in [0.2, 0.25) is 0 Å². The summed E-state index contributed by atoms with van der Waals surface area (Å²) >= 11 is 0. The number of carbonyl (C=O) groups excluding carboxylic acids is 1. The lowest BCUT2D eigenvalue weighted by Gasteiger charge is -2.12. The molecule has 0 aliphatic heterocycles. The lowest BCUT2D eigenvalue weighted by molar-refractivity contribution is 0.0938. The standard InChI is InChI=1S/C16H18N2O3/c1-11(2)10-18-13-5-7-21-15(13)8-14(18)16(19)17-9-12-4-3-6-20-12/h3-8,11H,9-10H2,1-2H3,(H,17,19). The number of fused-ring (bicyclic) bond motifs is 1. The first-order chi connectivity index (χ1) is 10.1. The van der Waals surface area contributed by atoms with Crippen LogP contribution < -0.4 is 5.32 Å². The Hall–Kier alpha value is -2.43. The summed E-state index contributed by atoms with van der Waals surface area (Å²) in [6.07, 6.45) is 3.24. The summed E-state index contributed by atoms with van der Waals surface area (Å²) in [5.74, 6) is 1.04. The normalized spacial score (nSPS) is 11.4. The van der Waals surface area contributed by atoms with Gasteiger partial charge in [-0.1, -0.05) is 13.8 Å². The molecular weight excluding hydrogens is 268 g/mol. The van der Waals surface area contributed by atoms with E-state index >= 15 is 0 Å². The third kappa shape index (κ3) is 2.72. The summed E-state index contributed by atoms with van der Waals surface area (Å²) in [7, 11) is 0. The number of aromatic nitrogens is 1. The predicted molar refractivity (Wildman–Crippen MR) is 78.9 cm³/mol. The molecule has 3 rings (SSSR count). The van der Waals surface area contributed by atoms with Crippen molar-refractivity contribution in [3.63, 3.8) is 0 Å². The average molecular weight is 286 g/mol. The van der Waals surface area contributed by atoms with E-state index in [0.717, 1.165) is 23.4 Å². The molecule has 0 aliphatic carbocycles. The second-order valence-corrected chi connectivity index (χ2v) is 5.47. The van der Waals surface area contributed by atoms with Gasteiger partial charge in [-0.3, -0.25) is 4.79 Å². The van der Waals surface area contributed by atoms with Crippen molar-refractivity contribution in [2.75, 3.05) is 0 Å². The van der Waals surface area contributed by atoms with E-state index in [1.54, 1.807) is 24.7 Å². The van der Waals surface area contributed by atoms with Gasteiger partial charge < -0.3 is 18.7 Å². The van der Waals surface area contributed by atoms with Gasteiger partial charge in [-0.25, -0.2) is 0 Å². The summed E-state index contributed by atoms with van der Waals surface area (Å²) < 4.78 is 12.6. The molecule has 0 atom stereocenters. The predicted octanol–water partition coefficient (Wildman–Crippen LogP) is 3.41. The lowest BCUT2D eigenvalue weighted by atomic mass is 10.2. The van der Waals surface area contributed by atoms with Crippen molar-refractivity contribution in [3.8, 4) is 0 Å². The molecule has 0 aromatic carbocycles. The highest BCUT2D eigenvalue weighted by Gasteiger charge is 2.18. The molecule has 5 nitrogen and oxygen atoms in total. The van der Waals surface area contributed by atoms with Crippen molar-refractivity contribution in [3.05, 3.63) is 48.2 Å². The molecule has 0 radical (unpaired) electrons. The number of hydrogen-bond donors (Lipinski definition) is 1. The molecule has 1 amide bonds. The molecule has 21 heavy (non-hydrogen) atoms. The van der Waals surface area contributed by atoms with E-state index in [-0.39, 0.29) is 5.91 Å². The molecular formula is C16H18N2O3. The number of furan rings is 2. The first-order valence-electron chi connectivity index (χ1n) is 7.02. The van der Waals surface area contributed by atoms with Crippen LogP contribution in [0.1, 0.15) is 30.1 Å². The minimum atomic E-state index is -0.126. The fourth-order valence-electron chi connectivity index (χ4n) is 2.40. The zero-order valence-corrected chi connectivity index (χ0v) is 12.1. The monoisotopic (exact) mass is 286 g/mol. The number of nitrogens with one attached hydrogen (secondary N) is 1. The number of rotatable bonds is 5. The van der Waals surface area contributed by atoms with E-state index in [4.69, 9.17) is 8.83 Å². The van der Waals surface area contributed by atoms with Gasteiger partial charge >= 0.3 is 0 Å². The number of nitrogens with zero attached hydrogens (tertiary/aromatic N) is 1. The zero-order valence-electron chi connectivity index (χ0n) is 12.1. The summed E-state index contributed by atoms with van der Waals surface area (Å²) in [5.41, 5.74) is 2.30. The van der Waals surface area contributed by atoms with Crippen molar-refractivity contribution in [2.45, 2.75) is 26.9 Å². The van der Waals surface area contributed by atoms with Crippen molar-refractivity contribution >= 4 is 17.0 Å². The van der Waals surface area contributed by atoms with Crippen LogP contribution in [-0.4, -0.2) is 10.5 Å². The van der Waals surface area contributed by atoms with Crippen LogP contribution in [0.15, 0.2) is 45.6 Å². The maximum absolute atomic E-state index is 12.4. The van der Waals surface area contributed by atoms with Gasteiger partial charge in [-0.15, -0.1) is 0 Å². The summed E-state index contributed by atoms with van der Waals surface area (Å²) in [6.45, 7) is 5.39. The topological polar surface area (TPSA) is 60.3 Å². The minimum Gasteiger partial charge on any atom is -0.467 e. The van der Waals surface area contributed by atoms with Crippen LogP contribution >= 0.6 is 0 Å². The molecule has 3 heterocycles. The Morgan fingerprint density at radius 2 is 2.14 bits per heavy atom. The number of carbonyl (C=O) groups is 1. The van der Waals surface area contributed by atoms with Crippen LogP contribution in [0.3, 0.4) is 0 Å². The van der Waals surface area contributed by atoms with Gasteiger partial charge in [0.1, 0.15) is 11.5 Å². The largest absolute Gasteiger partial charge is 0.467 e. The van der Waals surface area contributed by atoms with Gasteiger partial charge in [0.2, 0.25) is 0 Å². The van der Waals surface area contributed by atoms with Crippen LogP contribution in [0.5, 0.6) is 0 Å². The maximum atomic E-state index is 12.4. The molecule has 0 aliphatic rings. The molecule has 0 fully saturated rings. The third-order valence-corrected chi connectivity index (χ3v) is 3.31. The number of amides is 1. The van der Waals surface area contributed by atoms with Crippen LogP contribution in [0.4, 0.5) is 0 Å². The molecule has 1 N–H and O–H groups in total.